The number of nitrogen functional groups attached to an aromatic ring is 1. The number of halogens is 3. The molecule has 0 bridgehead atoms. The molecule has 1 aliphatic rings. The van der Waals surface area contributed by atoms with Gasteiger partial charge in [0.25, 0.3) is 5.91 Å². The fourth-order valence-corrected chi connectivity index (χ4v) is 4.09. The monoisotopic (exact) mass is 537 g/mol. The zero-order chi connectivity index (χ0) is 27.9. The van der Waals surface area contributed by atoms with Gasteiger partial charge in [-0.15, -0.1) is 0 Å². The normalized spacial score (nSPS) is 19.2. The van der Waals surface area contributed by atoms with Crippen LogP contribution in [0.2, 0.25) is 0 Å². The number of hydrogen-bond donors (Lipinski definition) is 2. The van der Waals surface area contributed by atoms with Crippen LogP contribution in [0.1, 0.15) is 5.56 Å². The third-order valence-corrected chi connectivity index (χ3v) is 6.02. The number of pyridine rings is 1. The first-order chi connectivity index (χ1) is 18.5. The molecule has 1 aliphatic heterocycles. The van der Waals surface area contributed by atoms with E-state index in [1.54, 1.807) is 42.5 Å². The number of nitrogens with zero attached hydrogens (tertiary/aromatic N) is 4. The van der Waals surface area contributed by atoms with Crippen molar-refractivity contribution in [2.75, 3.05) is 19.3 Å². The topological polar surface area (TPSA) is 145 Å². The maximum atomic E-state index is 12.7. The van der Waals surface area contributed by atoms with Gasteiger partial charge in [-0.3, -0.25) is 4.79 Å². The van der Waals surface area contributed by atoms with Crippen LogP contribution in [0.25, 0.3) is 33.6 Å². The molecule has 1 fully saturated rings. The highest BCUT2D eigenvalue weighted by molar-refractivity contribution is 5.97. The quantitative estimate of drug-likeness (QED) is 0.298. The number of alkyl halides is 3. The average Bonchev–Trinajstić information content (AvgIpc) is 3.51. The summed E-state index contributed by atoms with van der Waals surface area (Å²) in [5, 5.41) is 10.9. The van der Waals surface area contributed by atoms with E-state index in [-0.39, 0.29) is 5.82 Å². The maximum absolute atomic E-state index is 12.7. The van der Waals surface area contributed by atoms with Crippen LogP contribution < -0.4 is 5.73 Å². The van der Waals surface area contributed by atoms with Crippen LogP contribution in [0.15, 0.2) is 59.5 Å². The number of carbonyl (C=O) groups excluding carboxylic acids is 2. The van der Waals surface area contributed by atoms with Crippen LogP contribution in [-0.4, -0.2) is 68.3 Å². The van der Waals surface area contributed by atoms with Gasteiger partial charge in [-0.05, 0) is 36.3 Å². The maximum Gasteiger partial charge on any atom is 0.490 e. The lowest BCUT2D eigenvalue weighted by molar-refractivity contribution is -0.209. The smallest absolute Gasteiger partial charge is 0.464 e. The third-order valence-electron chi connectivity index (χ3n) is 6.02. The van der Waals surface area contributed by atoms with Gasteiger partial charge in [0.05, 0.1) is 18.5 Å². The molecule has 4 aromatic rings. The van der Waals surface area contributed by atoms with Gasteiger partial charge in [0, 0.05) is 23.7 Å². The number of likely N-dealkylation sites (N-methyl/N-ethyl adjacent to an activating group) is 1. The predicted molar refractivity (Wildman–Crippen MR) is 130 cm³/mol. The van der Waals surface area contributed by atoms with Gasteiger partial charge in [0.15, 0.2) is 11.9 Å². The zero-order valence-corrected chi connectivity index (χ0v) is 20.1. The first kappa shape index (κ1) is 25.7. The Balaban J connectivity index is 1.53. The number of aliphatic hydroxyl groups is 1. The van der Waals surface area contributed by atoms with E-state index in [1.807, 2.05) is 0 Å². The van der Waals surface area contributed by atoms with Crippen molar-refractivity contribution in [1.29, 1.82) is 0 Å². The molecule has 1 unspecified atom stereocenters. The van der Waals surface area contributed by atoms with Crippen molar-refractivity contribution in [1.82, 2.24) is 19.9 Å². The van der Waals surface area contributed by atoms with Crippen LogP contribution in [0, 0.1) is 11.8 Å². The Morgan fingerprint density at radius 1 is 1.23 bits per heavy atom. The molecular weight excluding hydrogens is 519 g/mol. The van der Waals surface area contributed by atoms with E-state index in [0.29, 0.717) is 39.2 Å². The van der Waals surface area contributed by atoms with E-state index in [4.69, 9.17) is 10.2 Å². The van der Waals surface area contributed by atoms with Crippen LogP contribution in [0.5, 0.6) is 0 Å². The summed E-state index contributed by atoms with van der Waals surface area (Å²) in [6.45, 7) is -0.466. The van der Waals surface area contributed by atoms with E-state index < -0.39 is 36.3 Å². The highest BCUT2D eigenvalue weighted by atomic mass is 19.4. The SMILES string of the molecule is CN1CC(OC(=O)C(F)(F)F)[C@](O)(C#Cc2cccc(-c3cc(-c4ccco4)c4ncnc(N)c4n3)c2)C1=O. The molecule has 0 aliphatic carbocycles. The van der Waals surface area contributed by atoms with E-state index in [9.17, 15) is 27.9 Å². The van der Waals surface area contributed by atoms with Crippen LogP contribution in [0.3, 0.4) is 0 Å². The summed E-state index contributed by atoms with van der Waals surface area (Å²) in [6.07, 6.45) is -4.33. The summed E-state index contributed by atoms with van der Waals surface area (Å²) < 4.78 is 48.1. The number of anilines is 1. The fourth-order valence-electron chi connectivity index (χ4n) is 4.09. The minimum Gasteiger partial charge on any atom is -0.464 e. The number of aromatic nitrogens is 3. The van der Waals surface area contributed by atoms with Crippen molar-refractivity contribution >= 4 is 28.7 Å². The zero-order valence-electron chi connectivity index (χ0n) is 20.1. The molecular formula is C26H18F3N5O5. The summed E-state index contributed by atoms with van der Waals surface area (Å²) in [7, 11) is 1.24. The number of hydrogen-bond acceptors (Lipinski definition) is 9. The molecule has 13 heteroatoms. The Hall–Kier alpha value is -4.96. The molecule has 3 aromatic heterocycles. The third kappa shape index (κ3) is 4.73. The van der Waals surface area contributed by atoms with Crippen molar-refractivity contribution in [3.8, 4) is 34.4 Å². The first-order valence-corrected chi connectivity index (χ1v) is 11.3. The lowest BCUT2D eigenvalue weighted by atomic mass is 9.98. The fraction of sp³-hybridized carbons (Fsp3) is 0.192. The second-order valence-corrected chi connectivity index (χ2v) is 8.66. The second kappa shape index (κ2) is 9.41. The van der Waals surface area contributed by atoms with Gasteiger partial charge in [0.2, 0.25) is 5.60 Å². The second-order valence-electron chi connectivity index (χ2n) is 8.66. The molecule has 0 saturated carbocycles. The van der Waals surface area contributed by atoms with Crippen molar-refractivity contribution in [3.05, 3.63) is 60.6 Å². The molecule has 39 heavy (non-hydrogen) atoms. The van der Waals surface area contributed by atoms with Crippen molar-refractivity contribution in [2.45, 2.75) is 17.9 Å². The van der Waals surface area contributed by atoms with Crippen molar-refractivity contribution < 1.29 is 37.0 Å². The van der Waals surface area contributed by atoms with Crippen LogP contribution >= 0.6 is 0 Å². The van der Waals surface area contributed by atoms with E-state index in [2.05, 4.69) is 31.5 Å². The molecule has 5 rings (SSSR count). The molecule has 10 nitrogen and oxygen atoms in total. The number of furan rings is 1. The largest absolute Gasteiger partial charge is 0.490 e. The van der Waals surface area contributed by atoms with Gasteiger partial charge in [-0.1, -0.05) is 18.1 Å². The van der Waals surface area contributed by atoms with E-state index >= 15 is 0 Å². The van der Waals surface area contributed by atoms with Crippen LogP contribution in [0.4, 0.5) is 19.0 Å². The highest BCUT2D eigenvalue weighted by Crippen LogP contribution is 2.33. The van der Waals surface area contributed by atoms with Crippen molar-refractivity contribution in [3.63, 3.8) is 0 Å². The number of amides is 1. The summed E-state index contributed by atoms with van der Waals surface area (Å²) in [5.41, 5.74) is 6.09. The highest BCUT2D eigenvalue weighted by Gasteiger charge is 2.56. The standard InChI is InChI=1S/C26H18F3N5O5/c1-34-12-19(39-24(36)26(27,28)29)25(37,23(34)35)8-7-14-4-2-5-15(10-14)17-11-16(18-6-3-9-38-18)20-21(33-17)22(30)32-13-31-20/h2-6,9-11,13,19,37H,12H2,1H3,(H2,30,31,32)/t19?,25-/m1/s1. The minimum atomic E-state index is -5.30. The molecule has 198 valence electrons. The number of benzene rings is 1. The van der Waals surface area contributed by atoms with Gasteiger partial charge in [0.1, 0.15) is 23.1 Å². The number of ether oxygens (including phenoxy) is 1. The summed E-state index contributed by atoms with van der Waals surface area (Å²) in [6, 6.07) is 11.7. The van der Waals surface area contributed by atoms with Crippen LogP contribution in [-0.2, 0) is 14.3 Å². The van der Waals surface area contributed by atoms with Crippen molar-refractivity contribution in [2.24, 2.45) is 0 Å². The van der Waals surface area contributed by atoms with E-state index in [1.165, 1.54) is 19.6 Å². The molecule has 1 amide bonds. The minimum absolute atomic E-state index is 0.149. The molecule has 2 atom stereocenters. The number of carbonyl (C=O) groups is 2. The summed E-state index contributed by atoms with van der Waals surface area (Å²) in [4.78, 5) is 37.7. The predicted octanol–water partition coefficient (Wildman–Crippen LogP) is 2.56. The number of fused-ring (bicyclic) bond motifs is 1. The Morgan fingerprint density at radius 3 is 2.74 bits per heavy atom. The van der Waals surface area contributed by atoms with E-state index in [0.717, 1.165) is 4.90 Å². The number of likely N-dealkylation sites (tertiary alicyclic amines) is 1. The first-order valence-electron chi connectivity index (χ1n) is 11.3. The van der Waals surface area contributed by atoms with Gasteiger partial charge in [-0.2, -0.15) is 13.2 Å². The molecule has 0 spiro atoms. The Labute approximate surface area is 218 Å². The van der Waals surface area contributed by atoms with Gasteiger partial charge < -0.3 is 24.9 Å². The molecule has 4 heterocycles. The summed E-state index contributed by atoms with van der Waals surface area (Å²) in [5.74, 6) is 2.05. The number of rotatable bonds is 3. The molecule has 1 aromatic carbocycles. The molecule has 0 radical (unpaired) electrons. The molecule has 1 saturated heterocycles. The summed E-state index contributed by atoms with van der Waals surface area (Å²) >= 11 is 0. The molecule has 3 N–H and O–H groups in total. The Bertz CT molecular complexity index is 1660. The lowest BCUT2D eigenvalue weighted by Gasteiger charge is -2.21. The average molecular weight is 537 g/mol. The van der Waals surface area contributed by atoms with Gasteiger partial charge in [-0.25, -0.2) is 19.7 Å². The Kier molecular flexibility index (Phi) is 6.20. The number of esters is 1. The number of nitrogens with two attached hydrogens (primary N) is 1. The lowest BCUT2D eigenvalue weighted by Crippen LogP contribution is -2.47. The van der Waals surface area contributed by atoms with Gasteiger partial charge >= 0.3 is 12.1 Å². The Morgan fingerprint density at radius 2 is 2.03 bits per heavy atom.